The Hall–Kier alpha value is -2.14. The quantitative estimate of drug-likeness (QED) is 0.214. The highest BCUT2D eigenvalue weighted by atomic mass is 32.1. The summed E-state index contributed by atoms with van der Waals surface area (Å²) in [6, 6.07) is 8.27. The van der Waals surface area contributed by atoms with Crippen LogP contribution in [0.1, 0.15) is 66.4 Å². The van der Waals surface area contributed by atoms with Crippen molar-refractivity contribution < 1.29 is 9.90 Å². The van der Waals surface area contributed by atoms with Crippen molar-refractivity contribution in [2.45, 2.75) is 51.9 Å². The Balaban J connectivity index is 1.53. The van der Waals surface area contributed by atoms with Crippen LogP contribution < -0.4 is 11.1 Å². The summed E-state index contributed by atoms with van der Waals surface area (Å²) in [6.07, 6.45) is 7.04. The molecule has 4 N–H and O–H groups in total. The van der Waals surface area contributed by atoms with Crippen molar-refractivity contribution >= 4 is 34.4 Å². The van der Waals surface area contributed by atoms with E-state index in [-0.39, 0.29) is 17.9 Å². The molecule has 0 bridgehead atoms. The maximum atomic E-state index is 13.9. The molecule has 2 aliphatic carbocycles. The number of hydrogen-bond acceptors (Lipinski definition) is 5. The van der Waals surface area contributed by atoms with Gasteiger partial charge in [0, 0.05) is 35.9 Å². The zero-order valence-corrected chi connectivity index (χ0v) is 21.7. The molecular weight excluding hydrogens is 462 g/mol. The van der Waals surface area contributed by atoms with Crippen molar-refractivity contribution in [3.05, 3.63) is 34.0 Å². The fourth-order valence-electron chi connectivity index (χ4n) is 6.08. The smallest absolute Gasteiger partial charge is 0.188 e. The molecular formula is C27H35N3O2S2. The molecule has 2 aromatic rings. The lowest BCUT2D eigenvalue weighted by atomic mass is 9.60. The van der Waals surface area contributed by atoms with E-state index < -0.39 is 0 Å². The van der Waals surface area contributed by atoms with Gasteiger partial charge in [-0.05, 0) is 93.4 Å². The predicted molar refractivity (Wildman–Crippen MR) is 142 cm³/mol. The Labute approximate surface area is 210 Å². The third kappa shape index (κ3) is 5.40. The lowest BCUT2D eigenvalue weighted by Crippen LogP contribution is -2.44. The van der Waals surface area contributed by atoms with Gasteiger partial charge in [-0.2, -0.15) is 0 Å². The van der Waals surface area contributed by atoms with Crippen molar-refractivity contribution in [3.63, 3.8) is 0 Å². The Morgan fingerprint density at radius 1 is 1.18 bits per heavy atom. The van der Waals surface area contributed by atoms with Gasteiger partial charge in [0.05, 0.1) is 9.75 Å². The van der Waals surface area contributed by atoms with Crippen molar-refractivity contribution in [3.8, 4) is 21.6 Å². The molecule has 0 radical (unpaired) electrons. The van der Waals surface area contributed by atoms with Crippen LogP contribution in [-0.4, -0.2) is 37.0 Å². The number of ketones is 1. The highest BCUT2D eigenvalue weighted by molar-refractivity contribution is 7.23. The molecule has 0 saturated heterocycles. The Morgan fingerprint density at radius 2 is 1.94 bits per heavy atom. The Bertz CT molecular complexity index is 1090. The summed E-state index contributed by atoms with van der Waals surface area (Å²) in [5.74, 6) is 7.92. The van der Waals surface area contributed by atoms with Crippen LogP contribution in [0.5, 0.6) is 0 Å². The van der Waals surface area contributed by atoms with Crippen LogP contribution in [0.3, 0.4) is 0 Å². The van der Waals surface area contributed by atoms with Crippen LogP contribution in [-0.2, 0) is 0 Å². The zero-order chi connectivity index (χ0) is 24.1. The minimum atomic E-state index is 0.0244. The number of aliphatic hydroxyl groups is 1. The van der Waals surface area contributed by atoms with Gasteiger partial charge in [-0.1, -0.05) is 5.92 Å². The second kappa shape index (κ2) is 11.1. The highest BCUT2D eigenvalue weighted by Gasteiger charge is 2.51. The first kappa shape index (κ1) is 25.0. The third-order valence-corrected chi connectivity index (χ3v) is 9.95. The highest BCUT2D eigenvalue weighted by Crippen LogP contribution is 2.57. The number of aliphatic hydroxyl groups excluding tert-OH is 1. The molecule has 2 aliphatic rings. The summed E-state index contributed by atoms with van der Waals surface area (Å²) in [4.78, 5) is 22.1. The molecule has 2 heterocycles. The summed E-state index contributed by atoms with van der Waals surface area (Å²) < 4.78 is 0. The van der Waals surface area contributed by atoms with Gasteiger partial charge in [0.15, 0.2) is 11.7 Å². The van der Waals surface area contributed by atoms with Crippen molar-refractivity contribution in [2.75, 3.05) is 20.2 Å². The van der Waals surface area contributed by atoms with Gasteiger partial charge in [0.1, 0.15) is 0 Å². The number of rotatable bonds is 7. The number of nitrogens with one attached hydrogen (secondary N) is 1. The van der Waals surface area contributed by atoms with E-state index in [4.69, 9.17) is 5.73 Å². The van der Waals surface area contributed by atoms with Crippen LogP contribution in [0.25, 0.3) is 9.75 Å². The number of nitrogens with two attached hydrogens (primary N) is 1. The summed E-state index contributed by atoms with van der Waals surface area (Å²) in [5.41, 5.74) is 5.89. The van der Waals surface area contributed by atoms with E-state index in [1.165, 1.54) is 4.88 Å². The number of nitrogens with zero attached hydrogens (tertiary/aromatic N) is 1. The average molecular weight is 498 g/mol. The number of aliphatic imine (C=N–C) groups is 1. The summed E-state index contributed by atoms with van der Waals surface area (Å²) >= 11 is 3.30. The van der Waals surface area contributed by atoms with Crippen molar-refractivity contribution in [1.29, 1.82) is 0 Å². The Morgan fingerprint density at radius 3 is 2.71 bits per heavy atom. The van der Waals surface area contributed by atoms with E-state index >= 15 is 0 Å². The van der Waals surface area contributed by atoms with Crippen LogP contribution >= 0.6 is 22.7 Å². The first-order valence-electron chi connectivity index (χ1n) is 12.2. The molecule has 4 rings (SSSR count). The van der Waals surface area contributed by atoms with Gasteiger partial charge in [-0.25, -0.2) is 0 Å². The second-order valence-corrected chi connectivity index (χ2v) is 11.9. The topological polar surface area (TPSA) is 87.7 Å². The molecule has 0 aromatic carbocycles. The van der Waals surface area contributed by atoms with Gasteiger partial charge in [-0.15, -0.1) is 28.6 Å². The largest absolute Gasteiger partial charge is 0.396 e. The molecule has 2 fully saturated rings. The number of carbonyl (C=O) groups is 1. The second-order valence-electron chi connectivity index (χ2n) is 9.74. The monoisotopic (exact) mass is 497 g/mol. The number of thiophene rings is 2. The number of hydrogen-bond donors (Lipinski definition) is 3. The first-order valence-corrected chi connectivity index (χ1v) is 13.9. The predicted octanol–water partition coefficient (Wildman–Crippen LogP) is 5.15. The first-order chi connectivity index (χ1) is 16.5. The molecule has 0 aliphatic heterocycles. The minimum Gasteiger partial charge on any atom is -0.396 e. The lowest BCUT2D eigenvalue weighted by Gasteiger charge is -2.44. The van der Waals surface area contributed by atoms with E-state index in [0.29, 0.717) is 23.6 Å². The molecule has 34 heavy (non-hydrogen) atoms. The number of Topliss-reactive ketones (excluding diaryl/α,β-unsaturated/α-hetero) is 1. The molecule has 2 saturated carbocycles. The fourth-order valence-corrected chi connectivity index (χ4v) is 8.08. The van der Waals surface area contributed by atoms with Gasteiger partial charge >= 0.3 is 0 Å². The lowest BCUT2D eigenvalue weighted by molar-refractivity contribution is 0.0452. The Kier molecular flexibility index (Phi) is 8.13. The minimum absolute atomic E-state index is 0.0244. The van der Waals surface area contributed by atoms with E-state index in [2.05, 4.69) is 40.3 Å². The van der Waals surface area contributed by atoms with Gasteiger partial charge in [-0.3, -0.25) is 9.79 Å². The van der Waals surface area contributed by atoms with E-state index in [1.54, 1.807) is 29.7 Å². The average Bonchev–Trinajstić information content (AvgIpc) is 3.58. The molecule has 2 aromatic heterocycles. The van der Waals surface area contributed by atoms with E-state index in [1.807, 2.05) is 13.0 Å². The van der Waals surface area contributed by atoms with Crippen molar-refractivity contribution in [2.24, 2.45) is 33.9 Å². The van der Waals surface area contributed by atoms with E-state index in [9.17, 15) is 9.90 Å². The normalized spacial score (nSPS) is 26.9. The summed E-state index contributed by atoms with van der Waals surface area (Å²) in [6.45, 7) is 2.89. The standard InChI is InChI=1S/C27H35N3O2S2/c1-3-4-20-6-8-22(33-20)23-9-10-24(34-23)25(32)21-7-5-19(17-30-26(28)29-2)16-27(21)13-11-18(15-27)12-14-31/h6,8-10,18-19,21,31H,5,7,11-17H2,1-2H3,(H3,28,29,30). The van der Waals surface area contributed by atoms with Crippen molar-refractivity contribution in [1.82, 2.24) is 5.32 Å². The SMILES string of the molecule is CC#Cc1ccc(-c2ccc(C(=O)C3CCC(CNC(N)=NC)CC34CCC(CCO)C4)s2)s1. The van der Waals surface area contributed by atoms with E-state index in [0.717, 1.165) is 66.1 Å². The van der Waals surface area contributed by atoms with Crippen LogP contribution in [0.2, 0.25) is 0 Å². The van der Waals surface area contributed by atoms with Gasteiger partial charge < -0.3 is 16.2 Å². The van der Waals surface area contributed by atoms with Crippen LogP contribution in [0.4, 0.5) is 0 Å². The zero-order valence-electron chi connectivity index (χ0n) is 20.1. The molecule has 7 heteroatoms. The van der Waals surface area contributed by atoms with Crippen LogP contribution in [0, 0.1) is 35.0 Å². The molecule has 4 atom stereocenters. The fraction of sp³-hybridized carbons (Fsp3) is 0.556. The third-order valence-electron chi connectivity index (χ3n) is 7.66. The molecule has 5 nitrogen and oxygen atoms in total. The molecule has 1 spiro atoms. The molecule has 0 amide bonds. The number of guanidine groups is 1. The summed E-state index contributed by atoms with van der Waals surface area (Å²) in [7, 11) is 1.69. The maximum Gasteiger partial charge on any atom is 0.188 e. The maximum absolute atomic E-state index is 13.9. The molecule has 4 unspecified atom stereocenters. The summed E-state index contributed by atoms with van der Waals surface area (Å²) in [5, 5.41) is 12.8. The van der Waals surface area contributed by atoms with Gasteiger partial charge in [0.25, 0.3) is 0 Å². The van der Waals surface area contributed by atoms with Gasteiger partial charge in [0.2, 0.25) is 0 Å². The molecule has 182 valence electrons. The number of carbonyl (C=O) groups excluding carboxylic acids is 1. The van der Waals surface area contributed by atoms with Crippen LogP contribution in [0.15, 0.2) is 29.3 Å².